The summed E-state index contributed by atoms with van der Waals surface area (Å²) in [6.07, 6.45) is 6.27. The molecule has 3 nitrogen and oxygen atoms in total. The van der Waals surface area contributed by atoms with Crippen molar-refractivity contribution in [3.05, 3.63) is 0 Å². The molecule has 0 atom stereocenters. The van der Waals surface area contributed by atoms with Gasteiger partial charge in [-0.05, 0) is 12.8 Å². The van der Waals surface area contributed by atoms with Gasteiger partial charge in [-0.1, -0.05) is 26.7 Å². The van der Waals surface area contributed by atoms with Gasteiger partial charge in [0.1, 0.15) is 5.78 Å². The van der Waals surface area contributed by atoms with E-state index >= 15 is 0 Å². The van der Waals surface area contributed by atoms with Gasteiger partial charge in [-0.15, -0.1) is 0 Å². The molecule has 0 saturated heterocycles. The Morgan fingerprint density at radius 2 is 1.31 bits per heavy atom. The Kier molecular flexibility index (Phi) is 15.3. The maximum Gasteiger partial charge on any atom is 0.373 e. The van der Waals surface area contributed by atoms with E-state index in [0.29, 0.717) is 5.78 Å². The Morgan fingerprint density at radius 1 is 1.00 bits per heavy atom. The smallest absolute Gasteiger partial charge is 0.300 e. The first-order valence-corrected chi connectivity index (χ1v) is 4.73. The van der Waals surface area contributed by atoms with E-state index in [1.54, 1.807) is 0 Å². The van der Waals surface area contributed by atoms with E-state index in [4.69, 9.17) is 9.59 Å². The fourth-order valence-corrected chi connectivity index (χ4v) is 0.873. The monoisotopic (exact) mass is 186 g/mol. The van der Waals surface area contributed by atoms with E-state index in [9.17, 15) is 4.79 Å². The van der Waals surface area contributed by atoms with Crippen LogP contribution in [0.4, 0.5) is 0 Å². The van der Waals surface area contributed by atoms with Crippen molar-refractivity contribution in [2.75, 3.05) is 0 Å². The number of hydrogen-bond donors (Lipinski definition) is 0. The van der Waals surface area contributed by atoms with Crippen LogP contribution < -0.4 is 0 Å². The summed E-state index contributed by atoms with van der Waals surface area (Å²) in [6, 6.07) is 0. The van der Waals surface area contributed by atoms with Gasteiger partial charge >= 0.3 is 6.15 Å². The molecule has 0 saturated carbocycles. The quantitative estimate of drug-likeness (QED) is 0.639. The van der Waals surface area contributed by atoms with Crippen LogP contribution in [0.5, 0.6) is 0 Å². The highest BCUT2D eigenvalue weighted by Gasteiger charge is 1.98. The molecule has 3 heteroatoms. The summed E-state index contributed by atoms with van der Waals surface area (Å²) in [5.41, 5.74) is 0. The molecule has 0 amide bonds. The average Bonchev–Trinajstić information content (AvgIpc) is 2.12. The van der Waals surface area contributed by atoms with Crippen LogP contribution in [0.1, 0.15) is 52.4 Å². The predicted molar refractivity (Wildman–Crippen MR) is 49.1 cm³/mol. The van der Waals surface area contributed by atoms with E-state index < -0.39 is 0 Å². The lowest BCUT2D eigenvalue weighted by Gasteiger charge is -1.96. The summed E-state index contributed by atoms with van der Waals surface area (Å²) >= 11 is 0. The second-order valence-corrected chi connectivity index (χ2v) is 2.83. The highest BCUT2D eigenvalue weighted by molar-refractivity contribution is 5.78. The van der Waals surface area contributed by atoms with Crippen LogP contribution in [0.25, 0.3) is 0 Å². The highest BCUT2D eigenvalue weighted by Crippen LogP contribution is 2.02. The van der Waals surface area contributed by atoms with Crippen molar-refractivity contribution in [3.8, 4) is 0 Å². The topological polar surface area (TPSA) is 51.2 Å². The van der Waals surface area contributed by atoms with Gasteiger partial charge in [0.2, 0.25) is 0 Å². The van der Waals surface area contributed by atoms with Gasteiger partial charge in [0.15, 0.2) is 0 Å². The Balaban J connectivity index is 0. The van der Waals surface area contributed by atoms with Gasteiger partial charge in [0.05, 0.1) is 0 Å². The SMILES string of the molecule is CCCCC(=O)CCCC.O=C=O. The molecule has 0 aliphatic heterocycles. The first kappa shape index (κ1) is 14.6. The van der Waals surface area contributed by atoms with Gasteiger partial charge in [0.25, 0.3) is 0 Å². The summed E-state index contributed by atoms with van der Waals surface area (Å²) in [5, 5.41) is 0. The fraction of sp³-hybridized carbons (Fsp3) is 0.800. The van der Waals surface area contributed by atoms with Crippen molar-refractivity contribution in [1.29, 1.82) is 0 Å². The number of rotatable bonds is 6. The number of hydrogen-bond acceptors (Lipinski definition) is 3. The molecule has 0 aromatic rings. The first-order valence-electron chi connectivity index (χ1n) is 4.73. The lowest BCUT2D eigenvalue weighted by molar-refractivity contribution is -0.191. The van der Waals surface area contributed by atoms with Gasteiger partial charge in [-0.3, -0.25) is 4.79 Å². The Bertz CT molecular complexity index is 136. The molecule has 0 aliphatic carbocycles. The molecule has 0 spiro atoms. The minimum atomic E-state index is 0.250. The minimum Gasteiger partial charge on any atom is -0.300 e. The molecule has 0 heterocycles. The third-order valence-electron chi connectivity index (χ3n) is 1.62. The molecular weight excluding hydrogens is 168 g/mol. The van der Waals surface area contributed by atoms with Crippen LogP contribution in [0.3, 0.4) is 0 Å². The Labute approximate surface area is 79.5 Å². The molecule has 0 bridgehead atoms. The maximum atomic E-state index is 11.0. The highest BCUT2D eigenvalue weighted by atomic mass is 16.2. The summed E-state index contributed by atoms with van der Waals surface area (Å²) < 4.78 is 0. The lowest BCUT2D eigenvalue weighted by Crippen LogP contribution is -1.96. The van der Waals surface area contributed by atoms with Crippen molar-refractivity contribution >= 4 is 11.9 Å². The zero-order chi connectivity index (χ0) is 10.5. The zero-order valence-corrected chi connectivity index (χ0v) is 8.47. The van der Waals surface area contributed by atoms with Crippen LogP contribution in [-0.2, 0) is 14.4 Å². The number of unbranched alkanes of at least 4 members (excludes halogenated alkanes) is 2. The van der Waals surface area contributed by atoms with E-state index in [0.717, 1.165) is 38.5 Å². The number of Topliss-reactive ketones (excluding diaryl/α,β-unsaturated/α-hetero) is 1. The zero-order valence-electron chi connectivity index (χ0n) is 8.47. The van der Waals surface area contributed by atoms with Crippen molar-refractivity contribution in [2.24, 2.45) is 0 Å². The molecule has 0 aromatic carbocycles. The van der Waals surface area contributed by atoms with Gasteiger partial charge < -0.3 is 0 Å². The first-order chi connectivity index (χ1) is 6.22. The molecule has 0 unspecified atom stereocenters. The molecule has 13 heavy (non-hydrogen) atoms. The summed E-state index contributed by atoms with van der Waals surface area (Å²) in [4.78, 5) is 27.2. The van der Waals surface area contributed by atoms with E-state index in [2.05, 4.69) is 13.8 Å². The van der Waals surface area contributed by atoms with Gasteiger partial charge in [0, 0.05) is 12.8 Å². The lowest BCUT2D eigenvalue weighted by atomic mass is 10.1. The van der Waals surface area contributed by atoms with E-state index in [1.807, 2.05) is 0 Å². The van der Waals surface area contributed by atoms with Crippen molar-refractivity contribution in [2.45, 2.75) is 52.4 Å². The minimum absolute atomic E-state index is 0.250. The second kappa shape index (κ2) is 13.6. The van der Waals surface area contributed by atoms with Crippen molar-refractivity contribution in [1.82, 2.24) is 0 Å². The molecule has 0 fully saturated rings. The summed E-state index contributed by atoms with van der Waals surface area (Å²) in [5.74, 6) is 0.448. The average molecular weight is 186 g/mol. The van der Waals surface area contributed by atoms with Crippen LogP contribution >= 0.6 is 0 Å². The number of carbonyl (C=O) groups excluding carboxylic acids is 3. The third-order valence-corrected chi connectivity index (χ3v) is 1.62. The maximum absolute atomic E-state index is 11.0. The van der Waals surface area contributed by atoms with Gasteiger partial charge in [-0.2, -0.15) is 9.59 Å². The molecule has 0 N–H and O–H groups in total. The molecule has 0 aliphatic rings. The summed E-state index contributed by atoms with van der Waals surface area (Å²) in [7, 11) is 0. The van der Waals surface area contributed by atoms with E-state index in [1.165, 1.54) is 0 Å². The number of carbonyl (C=O) groups is 1. The Morgan fingerprint density at radius 3 is 1.54 bits per heavy atom. The predicted octanol–water partition coefficient (Wildman–Crippen LogP) is 2.35. The molecule has 0 rings (SSSR count). The Hall–Kier alpha value is -0.950. The van der Waals surface area contributed by atoms with Crippen molar-refractivity contribution in [3.63, 3.8) is 0 Å². The largest absolute Gasteiger partial charge is 0.373 e. The molecule has 76 valence electrons. The third kappa shape index (κ3) is 18.2. The van der Waals surface area contributed by atoms with Crippen LogP contribution in [0.15, 0.2) is 0 Å². The molecule has 0 aromatic heterocycles. The normalized spacial score (nSPS) is 8.15. The standard InChI is InChI=1S/C9H18O.CO2/c1-3-5-7-9(10)8-6-4-2;2-1-3/h3-8H2,1-2H3;. The van der Waals surface area contributed by atoms with Gasteiger partial charge in [-0.25, -0.2) is 0 Å². The van der Waals surface area contributed by atoms with Crippen LogP contribution in [0.2, 0.25) is 0 Å². The molecular formula is C10H18O3. The van der Waals surface area contributed by atoms with Crippen LogP contribution in [0, 0.1) is 0 Å². The second-order valence-electron chi connectivity index (χ2n) is 2.83. The van der Waals surface area contributed by atoms with E-state index in [-0.39, 0.29) is 6.15 Å². The summed E-state index contributed by atoms with van der Waals surface area (Å²) in [6.45, 7) is 4.24. The van der Waals surface area contributed by atoms with Crippen LogP contribution in [-0.4, -0.2) is 11.9 Å². The number of ketones is 1. The fourth-order valence-electron chi connectivity index (χ4n) is 0.873. The molecule has 0 radical (unpaired) electrons. The van der Waals surface area contributed by atoms with Crippen molar-refractivity contribution < 1.29 is 14.4 Å².